The summed E-state index contributed by atoms with van der Waals surface area (Å²) in [5.41, 5.74) is 7.99. The fourth-order valence-corrected chi connectivity index (χ4v) is 2.73. The van der Waals surface area contributed by atoms with Gasteiger partial charge < -0.3 is 9.64 Å². The van der Waals surface area contributed by atoms with E-state index in [4.69, 9.17) is 10.3 Å². The molecule has 0 radical (unpaired) electrons. The fraction of sp³-hybridized carbons (Fsp3) is 0.765. The molecule has 24 heavy (non-hydrogen) atoms. The van der Waals surface area contributed by atoms with Crippen LogP contribution in [0.3, 0.4) is 0 Å². The quantitative estimate of drug-likeness (QED) is 0.227. The van der Waals surface area contributed by atoms with Crippen molar-refractivity contribution in [2.45, 2.75) is 77.0 Å². The molecule has 1 unspecified atom stereocenters. The van der Waals surface area contributed by atoms with Crippen molar-refractivity contribution in [1.29, 1.82) is 0 Å². The number of amides is 1. The first-order valence-electron chi connectivity index (χ1n) is 8.46. The number of rotatable bonds is 7. The van der Waals surface area contributed by atoms with Gasteiger partial charge in [0, 0.05) is 23.9 Å². The van der Waals surface area contributed by atoms with Crippen molar-refractivity contribution in [3.63, 3.8) is 0 Å². The molecule has 0 spiro atoms. The van der Waals surface area contributed by atoms with Crippen LogP contribution in [-0.4, -0.2) is 41.0 Å². The van der Waals surface area contributed by atoms with E-state index < -0.39 is 17.7 Å². The zero-order valence-electron chi connectivity index (χ0n) is 14.9. The van der Waals surface area contributed by atoms with E-state index in [0.29, 0.717) is 0 Å². The minimum absolute atomic E-state index is 0.0924. The Kier molecular flexibility index (Phi) is 7.79. The number of carbonyl (C=O) groups excluding carboxylic acids is 2. The van der Waals surface area contributed by atoms with Crippen molar-refractivity contribution in [1.82, 2.24) is 4.90 Å². The first-order chi connectivity index (χ1) is 11.3. The lowest BCUT2D eigenvalue weighted by atomic mass is 9.93. The van der Waals surface area contributed by atoms with E-state index in [1.54, 1.807) is 25.7 Å². The lowest BCUT2D eigenvalue weighted by Gasteiger charge is -2.38. The van der Waals surface area contributed by atoms with Gasteiger partial charge >= 0.3 is 6.09 Å². The summed E-state index contributed by atoms with van der Waals surface area (Å²) in [6.07, 6.45) is 6.37. The zero-order chi connectivity index (χ0) is 18.2. The van der Waals surface area contributed by atoms with E-state index in [1.165, 1.54) is 0 Å². The van der Waals surface area contributed by atoms with Gasteiger partial charge in [-0.25, -0.2) is 4.79 Å². The Labute approximate surface area is 143 Å². The molecule has 1 rings (SSSR count). The number of hydrogen-bond donors (Lipinski definition) is 0. The van der Waals surface area contributed by atoms with Gasteiger partial charge in [0.15, 0.2) is 0 Å². The van der Waals surface area contributed by atoms with Gasteiger partial charge in [-0.05, 0) is 45.6 Å². The summed E-state index contributed by atoms with van der Waals surface area (Å²) < 4.78 is 5.44. The molecule has 1 aliphatic heterocycles. The number of Topliss-reactive ketones (excluding diaryl/α,β-unsaturated/α-hetero) is 1. The predicted molar refractivity (Wildman–Crippen MR) is 92.6 cm³/mol. The Balaban J connectivity index is 2.75. The molecule has 1 aliphatic rings. The Morgan fingerprint density at radius 2 is 2.17 bits per heavy atom. The largest absolute Gasteiger partial charge is 0.444 e. The topological polar surface area (TPSA) is 95.4 Å². The number of piperidine rings is 1. The maximum Gasteiger partial charge on any atom is 0.410 e. The third kappa shape index (κ3) is 6.62. The maximum absolute atomic E-state index is 12.5. The van der Waals surface area contributed by atoms with Crippen molar-refractivity contribution < 1.29 is 14.3 Å². The van der Waals surface area contributed by atoms with Crippen LogP contribution in [0.15, 0.2) is 17.8 Å². The van der Waals surface area contributed by atoms with Gasteiger partial charge in [-0.15, -0.1) is 6.58 Å². The molecule has 0 saturated carbocycles. The van der Waals surface area contributed by atoms with Crippen LogP contribution in [0.5, 0.6) is 0 Å². The summed E-state index contributed by atoms with van der Waals surface area (Å²) in [6.45, 7) is 9.19. The number of carbonyl (C=O) groups is 2. The third-order valence-corrected chi connectivity index (χ3v) is 3.88. The second-order valence-corrected chi connectivity index (χ2v) is 7.10. The number of nitrogens with zero attached hydrogens (tertiary/aromatic N) is 4. The predicted octanol–water partition coefficient (Wildman–Crippen LogP) is 4.38. The normalized spacial score (nSPS) is 21.1. The summed E-state index contributed by atoms with van der Waals surface area (Å²) in [6, 6.07) is -1.01. The number of ether oxygens (including phenoxy) is 1. The first-order valence-corrected chi connectivity index (χ1v) is 8.46. The van der Waals surface area contributed by atoms with Gasteiger partial charge in [-0.3, -0.25) is 4.79 Å². The molecule has 1 amide bonds. The molecule has 0 aromatic carbocycles. The monoisotopic (exact) mass is 336 g/mol. The van der Waals surface area contributed by atoms with E-state index in [-0.39, 0.29) is 24.8 Å². The number of ketones is 1. The van der Waals surface area contributed by atoms with E-state index >= 15 is 0 Å². The maximum atomic E-state index is 12.5. The molecule has 0 aromatic heterocycles. The number of azide groups is 1. The highest BCUT2D eigenvalue weighted by molar-refractivity contribution is 5.87. The van der Waals surface area contributed by atoms with Crippen LogP contribution in [0.25, 0.3) is 10.4 Å². The second-order valence-electron chi connectivity index (χ2n) is 7.10. The molecule has 7 heteroatoms. The molecule has 2 atom stereocenters. The van der Waals surface area contributed by atoms with Crippen molar-refractivity contribution in [2.24, 2.45) is 5.11 Å². The molecule has 1 heterocycles. The lowest BCUT2D eigenvalue weighted by Crippen LogP contribution is -2.53. The van der Waals surface area contributed by atoms with Gasteiger partial charge in [0.1, 0.15) is 17.4 Å². The molecule has 7 nitrogen and oxygen atoms in total. The van der Waals surface area contributed by atoms with Crippen molar-refractivity contribution in [2.75, 3.05) is 6.54 Å². The van der Waals surface area contributed by atoms with Crippen LogP contribution in [0.4, 0.5) is 4.79 Å². The van der Waals surface area contributed by atoms with Gasteiger partial charge in [0.25, 0.3) is 0 Å². The number of allylic oxidation sites excluding steroid dienone is 1. The third-order valence-electron chi connectivity index (χ3n) is 3.88. The van der Waals surface area contributed by atoms with Gasteiger partial charge in [-0.2, -0.15) is 0 Å². The van der Waals surface area contributed by atoms with Crippen LogP contribution in [0.2, 0.25) is 0 Å². The van der Waals surface area contributed by atoms with Gasteiger partial charge in [0.05, 0.1) is 0 Å². The van der Waals surface area contributed by atoms with Gasteiger partial charge in [0.2, 0.25) is 0 Å². The van der Waals surface area contributed by atoms with Crippen LogP contribution in [0, 0.1) is 0 Å². The Hall–Kier alpha value is -2.01. The minimum Gasteiger partial charge on any atom is -0.444 e. The van der Waals surface area contributed by atoms with Crippen LogP contribution in [-0.2, 0) is 9.53 Å². The molecule has 0 aromatic rings. The Bertz CT molecular complexity index is 506. The smallest absolute Gasteiger partial charge is 0.410 e. The molecule has 1 fully saturated rings. The summed E-state index contributed by atoms with van der Waals surface area (Å²) in [5, 5.41) is 3.52. The van der Waals surface area contributed by atoms with Crippen molar-refractivity contribution in [3.05, 3.63) is 23.1 Å². The number of hydrogen-bond acceptors (Lipinski definition) is 4. The fourth-order valence-electron chi connectivity index (χ4n) is 2.73. The molecular formula is C17H28N4O3. The average molecular weight is 336 g/mol. The highest BCUT2D eigenvalue weighted by atomic mass is 16.6. The van der Waals surface area contributed by atoms with Crippen LogP contribution in [0.1, 0.15) is 59.3 Å². The summed E-state index contributed by atoms with van der Waals surface area (Å²) in [7, 11) is 0. The minimum atomic E-state index is -0.820. The molecule has 0 aliphatic carbocycles. The van der Waals surface area contributed by atoms with E-state index in [0.717, 1.165) is 32.1 Å². The number of unbranched alkanes of at least 4 members (excludes halogenated alkanes) is 3. The van der Waals surface area contributed by atoms with Gasteiger partial charge in [-0.1, -0.05) is 24.0 Å². The Morgan fingerprint density at radius 3 is 2.75 bits per heavy atom. The highest BCUT2D eigenvalue weighted by Gasteiger charge is 2.37. The first kappa shape index (κ1) is 20.0. The van der Waals surface area contributed by atoms with Crippen LogP contribution >= 0.6 is 0 Å². The molecule has 0 bridgehead atoms. The molecule has 1 saturated heterocycles. The van der Waals surface area contributed by atoms with Crippen molar-refractivity contribution in [3.8, 4) is 0 Å². The summed E-state index contributed by atoms with van der Waals surface area (Å²) in [4.78, 5) is 28.9. The van der Waals surface area contributed by atoms with E-state index in [1.807, 2.05) is 6.08 Å². The van der Waals surface area contributed by atoms with Crippen LogP contribution < -0.4 is 0 Å². The molecule has 134 valence electrons. The lowest BCUT2D eigenvalue weighted by molar-refractivity contribution is -0.124. The molecule has 0 N–H and O–H groups in total. The van der Waals surface area contributed by atoms with E-state index in [2.05, 4.69) is 16.6 Å². The molecular weight excluding hydrogens is 308 g/mol. The number of likely N-dealkylation sites (tertiary alicyclic amines) is 1. The standard InChI is InChI=1S/C17H28N4O3/c1-5-6-7-8-9-10-13-11-15(22)14(19-20-18)12-21(13)16(23)24-17(2,3)4/h5,13-14H,1,6-12H2,2-4H3/t13-,14?/m1/s1. The zero-order valence-corrected chi connectivity index (χ0v) is 14.9. The second kappa shape index (κ2) is 9.33. The average Bonchev–Trinajstić information content (AvgIpc) is 2.47. The summed E-state index contributed by atoms with van der Waals surface area (Å²) in [5.74, 6) is -0.108. The Morgan fingerprint density at radius 1 is 1.46 bits per heavy atom. The highest BCUT2D eigenvalue weighted by Crippen LogP contribution is 2.24. The van der Waals surface area contributed by atoms with E-state index in [9.17, 15) is 9.59 Å². The SMILES string of the molecule is C=CCCCCC[C@@H]1CC(=O)C(N=[N+]=[N-])CN1C(=O)OC(C)(C)C. The summed E-state index contributed by atoms with van der Waals surface area (Å²) >= 11 is 0. The van der Waals surface area contributed by atoms with Crippen molar-refractivity contribution >= 4 is 11.9 Å².